The molecule has 0 aliphatic rings. The van der Waals surface area contributed by atoms with E-state index in [-0.39, 0.29) is 6.29 Å². The summed E-state index contributed by atoms with van der Waals surface area (Å²) in [4.78, 5) is 0. The Morgan fingerprint density at radius 3 is 2.31 bits per heavy atom. The summed E-state index contributed by atoms with van der Waals surface area (Å²) in [5, 5.41) is 0. The largest absolute Gasteiger partial charge is 0.356 e. The summed E-state index contributed by atoms with van der Waals surface area (Å²) in [6.07, 6.45) is 2.65. The van der Waals surface area contributed by atoms with Crippen LogP contribution < -0.4 is 5.73 Å². The highest BCUT2D eigenvalue weighted by Gasteiger charge is 2.09. The number of benzene rings is 1. The van der Waals surface area contributed by atoms with Crippen LogP contribution in [0.25, 0.3) is 0 Å². The van der Waals surface area contributed by atoms with Gasteiger partial charge in [-0.15, -0.1) is 0 Å². The summed E-state index contributed by atoms with van der Waals surface area (Å²) in [6.45, 7) is 0.728. The molecule has 0 amide bonds. The second-order valence-electron chi connectivity index (χ2n) is 3.77. The SMILES string of the molecule is COC(Cc1ccccc1CCCN)OC. The number of methoxy groups -OCH3 is 2. The molecule has 3 heteroatoms. The molecule has 16 heavy (non-hydrogen) atoms. The second-order valence-corrected chi connectivity index (χ2v) is 3.77. The highest BCUT2D eigenvalue weighted by atomic mass is 16.7. The summed E-state index contributed by atoms with van der Waals surface area (Å²) in [6, 6.07) is 8.37. The van der Waals surface area contributed by atoms with Gasteiger partial charge in [0.25, 0.3) is 0 Å². The van der Waals surface area contributed by atoms with Gasteiger partial charge in [0.15, 0.2) is 6.29 Å². The molecule has 0 unspecified atom stereocenters. The van der Waals surface area contributed by atoms with Crippen molar-refractivity contribution >= 4 is 0 Å². The Morgan fingerprint density at radius 1 is 1.12 bits per heavy atom. The van der Waals surface area contributed by atoms with Gasteiger partial charge in [-0.25, -0.2) is 0 Å². The van der Waals surface area contributed by atoms with Crippen LogP contribution in [0.4, 0.5) is 0 Å². The molecule has 0 spiro atoms. The molecule has 0 aromatic heterocycles. The van der Waals surface area contributed by atoms with Gasteiger partial charge in [0.1, 0.15) is 0 Å². The van der Waals surface area contributed by atoms with Crippen LogP contribution in [0.15, 0.2) is 24.3 Å². The van der Waals surface area contributed by atoms with E-state index in [1.54, 1.807) is 14.2 Å². The number of hydrogen-bond donors (Lipinski definition) is 1. The molecule has 0 bridgehead atoms. The van der Waals surface area contributed by atoms with E-state index in [4.69, 9.17) is 15.2 Å². The first-order valence-corrected chi connectivity index (χ1v) is 5.64. The van der Waals surface area contributed by atoms with E-state index in [0.29, 0.717) is 0 Å². The lowest BCUT2D eigenvalue weighted by atomic mass is 10.0. The Hall–Kier alpha value is -0.900. The van der Waals surface area contributed by atoms with Crippen LogP contribution >= 0.6 is 0 Å². The van der Waals surface area contributed by atoms with Crippen molar-refractivity contribution in [1.82, 2.24) is 0 Å². The maximum atomic E-state index is 5.53. The number of rotatable bonds is 7. The van der Waals surface area contributed by atoms with Crippen molar-refractivity contribution in [1.29, 1.82) is 0 Å². The van der Waals surface area contributed by atoms with Crippen LogP contribution in [0.3, 0.4) is 0 Å². The molecule has 0 aliphatic heterocycles. The topological polar surface area (TPSA) is 44.5 Å². The van der Waals surface area contributed by atoms with Crippen LogP contribution in [0, 0.1) is 0 Å². The molecule has 0 radical (unpaired) electrons. The molecule has 2 N–H and O–H groups in total. The van der Waals surface area contributed by atoms with Gasteiger partial charge in [-0.2, -0.15) is 0 Å². The molecule has 0 heterocycles. The quantitative estimate of drug-likeness (QED) is 0.716. The zero-order chi connectivity index (χ0) is 11.8. The van der Waals surface area contributed by atoms with E-state index < -0.39 is 0 Å². The molecule has 90 valence electrons. The highest BCUT2D eigenvalue weighted by Crippen LogP contribution is 2.14. The molecular weight excluding hydrogens is 202 g/mol. The minimum absolute atomic E-state index is 0.168. The number of nitrogens with two attached hydrogens (primary N) is 1. The standard InChI is InChI=1S/C13H21NO2/c1-15-13(16-2)10-12-7-4-3-6-11(12)8-5-9-14/h3-4,6-7,13H,5,8-10,14H2,1-2H3. The Balaban J connectivity index is 2.69. The lowest BCUT2D eigenvalue weighted by Gasteiger charge is -2.15. The van der Waals surface area contributed by atoms with Crippen molar-refractivity contribution < 1.29 is 9.47 Å². The van der Waals surface area contributed by atoms with Crippen LogP contribution in [0.2, 0.25) is 0 Å². The van der Waals surface area contributed by atoms with Gasteiger partial charge in [0, 0.05) is 20.6 Å². The van der Waals surface area contributed by atoms with Gasteiger partial charge in [0.2, 0.25) is 0 Å². The predicted octanol–water partition coefficient (Wildman–Crippen LogP) is 1.74. The molecule has 0 saturated carbocycles. The lowest BCUT2D eigenvalue weighted by Crippen LogP contribution is -2.17. The minimum atomic E-state index is -0.168. The summed E-state index contributed by atoms with van der Waals surface area (Å²) in [5.41, 5.74) is 8.15. The average molecular weight is 223 g/mol. The number of ether oxygens (including phenoxy) is 2. The van der Waals surface area contributed by atoms with Crippen molar-refractivity contribution in [3.8, 4) is 0 Å². The minimum Gasteiger partial charge on any atom is -0.356 e. The van der Waals surface area contributed by atoms with Gasteiger partial charge in [-0.3, -0.25) is 0 Å². The van der Waals surface area contributed by atoms with Gasteiger partial charge < -0.3 is 15.2 Å². The Labute approximate surface area is 97.6 Å². The van der Waals surface area contributed by atoms with Crippen LogP contribution in [0.1, 0.15) is 17.5 Å². The molecule has 0 fully saturated rings. The van der Waals surface area contributed by atoms with E-state index >= 15 is 0 Å². The van der Waals surface area contributed by atoms with Crippen LogP contribution in [-0.2, 0) is 22.3 Å². The summed E-state index contributed by atoms with van der Waals surface area (Å²) < 4.78 is 10.4. The molecular formula is C13H21NO2. The monoisotopic (exact) mass is 223 g/mol. The molecule has 0 aliphatic carbocycles. The highest BCUT2D eigenvalue weighted by molar-refractivity contribution is 5.27. The first-order chi connectivity index (χ1) is 7.81. The van der Waals surface area contributed by atoms with Crippen molar-refractivity contribution in [2.45, 2.75) is 25.6 Å². The maximum Gasteiger partial charge on any atom is 0.160 e. The third-order valence-electron chi connectivity index (χ3n) is 2.68. The third-order valence-corrected chi connectivity index (χ3v) is 2.68. The first-order valence-electron chi connectivity index (χ1n) is 5.64. The molecule has 3 nitrogen and oxygen atoms in total. The Bertz CT molecular complexity index is 298. The van der Waals surface area contributed by atoms with E-state index in [1.165, 1.54) is 11.1 Å². The van der Waals surface area contributed by atoms with E-state index in [9.17, 15) is 0 Å². The van der Waals surface area contributed by atoms with Crippen molar-refractivity contribution in [2.75, 3.05) is 20.8 Å². The number of hydrogen-bond acceptors (Lipinski definition) is 3. The van der Waals surface area contributed by atoms with Crippen LogP contribution in [-0.4, -0.2) is 27.1 Å². The fraction of sp³-hybridized carbons (Fsp3) is 0.538. The second kappa shape index (κ2) is 7.39. The third kappa shape index (κ3) is 3.93. The van der Waals surface area contributed by atoms with E-state index in [1.807, 2.05) is 6.07 Å². The van der Waals surface area contributed by atoms with Crippen molar-refractivity contribution in [3.05, 3.63) is 35.4 Å². The fourth-order valence-corrected chi connectivity index (χ4v) is 1.74. The predicted molar refractivity (Wildman–Crippen MR) is 65.3 cm³/mol. The van der Waals surface area contributed by atoms with Gasteiger partial charge in [0.05, 0.1) is 0 Å². The van der Waals surface area contributed by atoms with Gasteiger partial charge >= 0.3 is 0 Å². The maximum absolute atomic E-state index is 5.53. The molecule has 1 aromatic rings. The molecule has 1 rings (SSSR count). The summed E-state index contributed by atoms with van der Waals surface area (Å²) in [5.74, 6) is 0. The average Bonchev–Trinajstić information content (AvgIpc) is 2.34. The number of aryl methyl sites for hydroxylation is 1. The van der Waals surface area contributed by atoms with E-state index in [2.05, 4.69) is 18.2 Å². The zero-order valence-corrected chi connectivity index (χ0v) is 10.1. The first kappa shape index (κ1) is 13.2. The lowest BCUT2D eigenvalue weighted by molar-refractivity contribution is -0.100. The van der Waals surface area contributed by atoms with Crippen molar-refractivity contribution in [3.63, 3.8) is 0 Å². The fourth-order valence-electron chi connectivity index (χ4n) is 1.74. The van der Waals surface area contributed by atoms with Gasteiger partial charge in [-0.1, -0.05) is 24.3 Å². The van der Waals surface area contributed by atoms with Crippen LogP contribution in [0.5, 0.6) is 0 Å². The van der Waals surface area contributed by atoms with E-state index in [0.717, 1.165) is 25.8 Å². The Morgan fingerprint density at radius 2 is 1.75 bits per heavy atom. The van der Waals surface area contributed by atoms with Crippen molar-refractivity contribution in [2.24, 2.45) is 5.73 Å². The van der Waals surface area contributed by atoms with Gasteiger partial charge in [-0.05, 0) is 30.5 Å². The summed E-state index contributed by atoms with van der Waals surface area (Å²) >= 11 is 0. The molecule has 1 aromatic carbocycles. The molecule has 0 saturated heterocycles. The normalized spacial score (nSPS) is 11.0. The Kier molecular flexibility index (Phi) is 6.08. The zero-order valence-electron chi connectivity index (χ0n) is 10.1. The summed E-state index contributed by atoms with van der Waals surface area (Å²) in [7, 11) is 3.33. The smallest absolute Gasteiger partial charge is 0.160 e. The molecule has 0 atom stereocenters.